The van der Waals surface area contributed by atoms with Gasteiger partial charge in [-0.2, -0.15) is 0 Å². The predicted molar refractivity (Wildman–Crippen MR) is 81.4 cm³/mol. The Balaban J connectivity index is 1.74. The quantitative estimate of drug-likeness (QED) is 0.852. The summed E-state index contributed by atoms with van der Waals surface area (Å²) < 4.78 is 5.23. The third kappa shape index (κ3) is 2.77. The molecule has 3 heteroatoms. The number of hydrogen-bond acceptors (Lipinski definition) is 3. The van der Waals surface area contributed by atoms with Crippen LogP contribution in [0, 0.1) is 0 Å². The van der Waals surface area contributed by atoms with Gasteiger partial charge in [0.15, 0.2) is 0 Å². The number of ether oxygens (including phenoxy) is 1. The van der Waals surface area contributed by atoms with Gasteiger partial charge in [0, 0.05) is 25.2 Å². The lowest BCUT2D eigenvalue weighted by molar-refractivity contribution is 0.414. The van der Waals surface area contributed by atoms with E-state index in [0.717, 1.165) is 18.8 Å². The van der Waals surface area contributed by atoms with Crippen LogP contribution in [-0.4, -0.2) is 25.2 Å². The fourth-order valence-electron chi connectivity index (χ4n) is 2.90. The number of rotatable bonds is 3. The van der Waals surface area contributed by atoms with Gasteiger partial charge in [0.05, 0.1) is 19.0 Å². The first-order chi connectivity index (χ1) is 9.86. The molecule has 1 unspecified atom stereocenters. The van der Waals surface area contributed by atoms with Crippen LogP contribution in [0.2, 0.25) is 0 Å². The minimum atomic E-state index is 0.592. The fraction of sp³-hybridized carbons (Fsp3) is 0.353. The van der Waals surface area contributed by atoms with E-state index in [9.17, 15) is 0 Å². The number of pyridine rings is 1. The summed E-state index contributed by atoms with van der Waals surface area (Å²) >= 11 is 0. The fourth-order valence-corrected chi connectivity index (χ4v) is 2.90. The Kier molecular flexibility index (Phi) is 3.86. The van der Waals surface area contributed by atoms with Gasteiger partial charge in [0.25, 0.3) is 0 Å². The van der Waals surface area contributed by atoms with Crippen molar-refractivity contribution in [2.45, 2.75) is 18.8 Å². The molecule has 0 spiro atoms. The first kappa shape index (κ1) is 13.0. The number of piperidine rings is 1. The molecule has 1 aliphatic rings. The summed E-state index contributed by atoms with van der Waals surface area (Å²) in [6, 6.07) is 12.6. The predicted octanol–water partition coefficient (Wildman–Crippen LogP) is 3.47. The Morgan fingerprint density at radius 1 is 1.20 bits per heavy atom. The smallest absolute Gasteiger partial charge is 0.118 e. The number of benzene rings is 1. The van der Waals surface area contributed by atoms with E-state index >= 15 is 0 Å². The summed E-state index contributed by atoms with van der Waals surface area (Å²) in [7, 11) is 1.71. The molecular formula is C17H20N2O. The van der Waals surface area contributed by atoms with Gasteiger partial charge in [0.2, 0.25) is 0 Å². The SMILES string of the molecule is COc1ccc(C2CCCN(c3cccnc3)C2)cc1. The third-order valence-corrected chi connectivity index (χ3v) is 4.02. The second-order valence-corrected chi connectivity index (χ2v) is 5.27. The van der Waals surface area contributed by atoms with Crippen LogP contribution in [0.3, 0.4) is 0 Å². The van der Waals surface area contributed by atoms with E-state index in [1.165, 1.54) is 24.1 Å². The molecule has 0 saturated carbocycles. The zero-order valence-corrected chi connectivity index (χ0v) is 11.8. The minimum Gasteiger partial charge on any atom is -0.497 e. The Bertz CT molecular complexity index is 539. The van der Waals surface area contributed by atoms with E-state index in [0.29, 0.717) is 5.92 Å². The zero-order chi connectivity index (χ0) is 13.8. The minimum absolute atomic E-state index is 0.592. The molecule has 0 aliphatic carbocycles. The first-order valence-corrected chi connectivity index (χ1v) is 7.16. The van der Waals surface area contributed by atoms with Crippen molar-refractivity contribution in [3.05, 3.63) is 54.4 Å². The molecule has 0 bridgehead atoms. The van der Waals surface area contributed by atoms with Crippen molar-refractivity contribution in [2.24, 2.45) is 0 Å². The van der Waals surface area contributed by atoms with E-state index in [1.54, 1.807) is 7.11 Å². The summed E-state index contributed by atoms with van der Waals surface area (Å²) in [4.78, 5) is 6.66. The number of anilines is 1. The van der Waals surface area contributed by atoms with Crippen LogP contribution in [0.1, 0.15) is 24.3 Å². The molecule has 2 aromatic rings. The van der Waals surface area contributed by atoms with Crippen LogP contribution in [0.25, 0.3) is 0 Å². The summed E-state index contributed by atoms with van der Waals surface area (Å²) in [6.07, 6.45) is 6.26. The largest absolute Gasteiger partial charge is 0.497 e. The lowest BCUT2D eigenvalue weighted by Gasteiger charge is -2.34. The average molecular weight is 268 g/mol. The molecule has 1 aromatic heterocycles. The molecule has 0 N–H and O–H groups in total. The van der Waals surface area contributed by atoms with Gasteiger partial charge in [-0.1, -0.05) is 12.1 Å². The van der Waals surface area contributed by atoms with Crippen LogP contribution in [0.4, 0.5) is 5.69 Å². The van der Waals surface area contributed by atoms with Crippen molar-refractivity contribution in [2.75, 3.05) is 25.1 Å². The molecule has 2 heterocycles. The van der Waals surface area contributed by atoms with Crippen LogP contribution >= 0.6 is 0 Å². The Morgan fingerprint density at radius 3 is 2.75 bits per heavy atom. The lowest BCUT2D eigenvalue weighted by atomic mass is 9.90. The van der Waals surface area contributed by atoms with Gasteiger partial charge in [-0.3, -0.25) is 4.98 Å². The molecule has 104 valence electrons. The maximum absolute atomic E-state index is 5.23. The highest BCUT2D eigenvalue weighted by atomic mass is 16.5. The van der Waals surface area contributed by atoms with Gasteiger partial charge >= 0.3 is 0 Å². The highest BCUT2D eigenvalue weighted by Crippen LogP contribution is 2.30. The molecule has 0 amide bonds. The van der Waals surface area contributed by atoms with Crippen molar-refractivity contribution < 1.29 is 4.74 Å². The van der Waals surface area contributed by atoms with Crippen molar-refractivity contribution in [3.8, 4) is 5.75 Å². The summed E-state index contributed by atoms with van der Waals surface area (Å²) in [5, 5.41) is 0. The van der Waals surface area contributed by atoms with Gasteiger partial charge in [-0.05, 0) is 42.7 Å². The van der Waals surface area contributed by atoms with Gasteiger partial charge in [-0.15, -0.1) is 0 Å². The molecule has 1 fully saturated rings. The Morgan fingerprint density at radius 2 is 2.05 bits per heavy atom. The standard InChI is InChI=1S/C17H20N2O/c1-20-17-8-6-14(7-9-17)15-4-3-11-19(13-15)16-5-2-10-18-12-16/h2,5-10,12,15H,3-4,11,13H2,1H3. The third-order valence-electron chi connectivity index (χ3n) is 4.02. The lowest BCUT2D eigenvalue weighted by Crippen LogP contribution is -2.34. The molecule has 0 radical (unpaired) electrons. The van der Waals surface area contributed by atoms with Gasteiger partial charge in [-0.25, -0.2) is 0 Å². The topological polar surface area (TPSA) is 25.4 Å². The summed E-state index contributed by atoms with van der Waals surface area (Å²) in [5.41, 5.74) is 2.63. The maximum Gasteiger partial charge on any atom is 0.118 e. The van der Waals surface area contributed by atoms with Gasteiger partial charge < -0.3 is 9.64 Å². The highest BCUT2D eigenvalue weighted by Gasteiger charge is 2.21. The van der Waals surface area contributed by atoms with Crippen molar-refractivity contribution >= 4 is 5.69 Å². The van der Waals surface area contributed by atoms with E-state index in [1.807, 2.05) is 18.5 Å². The zero-order valence-electron chi connectivity index (χ0n) is 11.8. The maximum atomic E-state index is 5.23. The first-order valence-electron chi connectivity index (χ1n) is 7.16. The normalized spacial score (nSPS) is 18.9. The summed E-state index contributed by atoms with van der Waals surface area (Å²) in [6.45, 7) is 2.19. The number of methoxy groups -OCH3 is 1. The molecule has 3 nitrogen and oxygen atoms in total. The van der Waals surface area contributed by atoms with Crippen molar-refractivity contribution in [1.82, 2.24) is 4.98 Å². The van der Waals surface area contributed by atoms with Crippen LogP contribution in [0.5, 0.6) is 5.75 Å². The van der Waals surface area contributed by atoms with E-state index in [4.69, 9.17) is 4.74 Å². The second kappa shape index (κ2) is 5.95. The van der Waals surface area contributed by atoms with E-state index < -0.39 is 0 Å². The highest BCUT2D eigenvalue weighted by molar-refractivity contribution is 5.45. The van der Waals surface area contributed by atoms with Crippen LogP contribution in [0.15, 0.2) is 48.8 Å². The molecule has 1 atom stereocenters. The molecule has 1 saturated heterocycles. The van der Waals surface area contributed by atoms with E-state index in [2.05, 4.69) is 40.2 Å². The molecule has 20 heavy (non-hydrogen) atoms. The monoisotopic (exact) mass is 268 g/mol. The Labute approximate surface area is 120 Å². The molecule has 3 rings (SSSR count). The number of hydrogen-bond donors (Lipinski definition) is 0. The molecule has 1 aliphatic heterocycles. The summed E-state index contributed by atoms with van der Waals surface area (Å²) in [5.74, 6) is 1.52. The average Bonchev–Trinajstić information content (AvgIpc) is 2.56. The number of nitrogens with zero attached hydrogens (tertiary/aromatic N) is 2. The molecule has 1 aromatic carbocycles. The second-order valence-electron chi connectivity index (χ2n) is 5.27. The Hall–Kier alpha value is -2.03. The van der Waals surface area contributed by atoms with Crippen molar-refractivity contribution in [1.29, 1.82) is 0 Å². The van der Waals surface area contributed by atoms with Crippen molar-refractivity contribution in [3.63, 3.8) is 0 Å². The van der Waals surface area contributed by atoms with Gasteiger partial charge in [0.1, 0.15) is 5.75 Å². The van der Waals surface area contributed by atoms with E-state index in [-0.39, 0.29) is 0 Å². The number of aromatic nitrogens is 1. The molecular weight excluding hydrogens is 248 g/mol. The van der Waals surface area contributed by atoms with Crippen LogP contribution < -0.4 is 9.64 Å². The van der Waals surface area contributed by atoms with Crippen LogP contribution in [-0.2, 0) is 0 Å².